The summed E-state index contributed by atoms with van der Waals surface area (Å²) in [6.07, 6.45) is 3.92. The summed E-state index contributed by atoms with van der Waals surface area (Å²) in [7, 11) is 0. The minimum atomic E-state index is 0. The minimum absolute atomic E-state index is 0. The molecular formula is C14H17Cl2N3S. The molecule has 1 aromatic carbocycles. The summed E-state index contributed by atoms with van der Waals surface area (Å²) in [5.74, 6) is 0. The van der Waals surface area contributed by atoms with Crippen molar-refractivity contribution in [2.24, 2.45) is 0 Å². The normalized spacial score (nSPS) is 14.1. The van der Waals surface area contributed by atoms with Crippen LogP contribution in [-0.2, 0) is 19.4 Å². The van der Waals surface area contributed by atoms with Gasteiger partial charge in [-0.25, -0.2) is 4.98 Å². The molecule has 2 N–H and O–H groups in total. The molecule has 2 aromatic rings. The quantitative estimate of drug-likeness (QED) is 0.904. The first kappa shape index (κ1) is 15.6. The SMILES string of the molecule is Cl.Clc1ccc2c(c1NCc1nccs1)CCNCC2. The molecular weight excluding hydrogens is 313 g/mol. The molecule has 0 radical (unpaired) electrons. The lowest BCUT2D eigenvalue weighted by molar-refractivity contribution is 0.711. The van der Waals surface area contributed by atoms with E-state index in [1.165, 1.54) is 11.1 Å². The third-order valence-electron chi connectivity index (χ3n) is 3.38. The van der Waals surface area contributed by atoms with Gasteiger partial charge in [-0.05, 0) is 43.1 Å². The number of benzene rings is 1. The van der Waals surface area contributed by atoms with Crippen molar-refractivity contribution in [1.29, 1.82) is 0 Å². The van der Waals surface area contributed by atoms with E-state index < -0.39 is 0 Å². The molecule has 0 spiro atoms. The van der Waals surface area contributed by atoms with Crippen molar-refractivity contribution < 1.29 is 0 Å². The highest BCUT2D eigenvalue weighted by Crippen LogP contribution is 2.31. The Labute approximate surface area is 134 Å². The Hall–Kier alpha value is -0.810. The number of rotatable bonds is 3. The van der Waals surface area contributed by atoms with Crippen LogP contribution in [0.2, 0.25) is 5.02 Å². The summed E-state index contributed by atoms with van der Waals surface area (Å²) in [6, 6.07) is 4.15. The maximum absolute atomic E-state index is 6.35. The van der Waals surface area contributed by atoms with E-state index in [9.17, 15) is 0 Å². The van der Waals surface area contributed by atoms with Gasteiger partial charge in [-0.2, -0.15) is 0 Å². The number of fused-ring (bicyclic) bond motifs is 1. The molecule has 0 aliphatic carbocycles. The van der Waals surface area contributed by atoms with E-state index in [0.717, 1.165) is 48.2 Å². The van der Waals surface area contributed by atoms with E-state index in [4.69, 9.17) is 11.6 Å². The van der Waals surface area contributed by atoms with Crippen LogP contribution >= 0.6 is 35.3 Å². The Balaban J connectivity index is 0.00000147. The highest BCUT2D eigenvalue weighted by atomic mass is 35.5. The summed E-state index contributed by atoms with van der Waals surface area (Å²) in [4.78, 5) is 4.29. The molecule has 0 saturated carbocycles. The molecule has 1 aliphatic heterocycles. The third-order valence-corrected chi connectivity index (χ3v) is 4.48. The van der Waals surface area contributed by atoms with Crippen molar-refractivity contribution in [3.8, 4) is 0 Å². The van der Waals surface area contributed by atoms with Crippen molar-refractivity contribution in [1.82, 2.24) is 10.3 Å². The maximum atomic E-state index is 6.35. The van der Waals surface area contributed by atoms with E-state index in [0.29, 0.717) is 0 Å². The predicted molar refractivity (Wildman–Crippen MR) is 88.4 cm³/mol. The second-order valence-electron chi connectivity index (χ2n) is 4.59. The molecule has 0 bridgehead atoms. The van der Waals surface area contributed by atoms with Crippen molar-refractivity contribution in [2.45, 2.75) is 19.4 Å². The van der Waals surface area contributed by atoms with Gasteiger partial charge >= 0.3 is 0 Å². The molecule has 6 heteroatoms. The molecule has 1 aromatic heterocycles. The van der Waals surface area contributed by atoms with Crippen molar-refractivity contribution in [2.75, 3.05) is 18.4 Å². The second-order valence-corrected chi connectivity index (χ2v) is 5.98. The molecule has 1 aliphatic rings. The minimum Gasteiger partial charge on any atom is -0.377 e. The van der Waals surface area contributed by atoms with Crippen LogP contribution in [0.5, 0.6) is 0 Å². The molecule has 0 fully saturated rings. The third kappa shape index (κ3) is 3.44. The molecule has 3 rings (SSSR count). The monoisotopic (exact) mass is 329 g/mol. The fourth-order valence-electron chi connectivity index (χ4n) is 2.44. The number of thiazole rings is 1. The van der Waals surface area contributed by atoms with Gasteiger partial charge in [0.2, 0.25) is 0 Å². The van der Waals surface area contributed by atoms with Crippen LogP contribution in [0.4, 0.5) is 5.69 Å². The van der Waals surface area contributed by atoms with Crippen LogP contribution in [0.25, 0.3) is 0 Å². The molecule has 0 atom stereocenters. The van der Waals surface area contributed by atoms with Crippen LogP contribution in [0.15, 0.2) is 23.7 Å². The van der Waals surface area contributed by atoms with E-state index in [-0.39, 0.29) is 12.4 Å². The van der Waals surface area contributed by atoms with Crippen LogP contribution in [0.3, 0.4) is 0 Å². The van der Waals surface area contributed by atoms with Gasteiger partial charge in [0, 0.05) is 11.6 Å². The molecule has 108 valence electrons. The average Bonchev–Trinajstić information content (AvgIpc) is 2.82. The molecule has 0 unspecified atom stereocenters. The molecule has 0 saturated heterocycles. The lowest BCUT2D eigenvalue weighted by Crippen LogP contribution is -2.16. The summed E-state index contributed by atoms with van der Waals surface area (Å²) in [5.41, 5.74) is 3.84. The van der Waals surface area contributed by atoms with Gasteiger partial charge < -0.3 is 10.6 Å². The van der Waals surface area contributed by atoms with E-state index in [1.807, 2.05) is 17.6 Å². The highest BCUT2D eigenvalue weighted by Gasteiger charge is 2.14. The number of halogens is 2. The van der Waals surface area contributed by atoms with Crippen molar-refractivity contribution >= 4 is 41.0 Å². The Morgan fingerprint density at radius 1 is 1.30 bits per heavy atom. The molecule has 0 amide bonds. The Kier molecular flexibility index (Phi) is 5.66. The first-order valence-corrected chi connectivity index (χ1v) is 7.73. The fraction of sp³-hybridized carbons (Fsp3) is 0.357. The highest BCUT2D eigenvalue weighted by molar-refractivity contribution is 7.09. The zero-order valence-corrected chi connectivity index (χ0v) is 13.4. The van der Waals surface area contributed by atoms with Gasteiger partial charge in [0.1, 0.15) is 5.01 Å². The summed E-state index contributed by atoms with van der Waals surface area (Å²) in [5, 5.41) is 10.8. The molecule has 2 heterocycles. The largest absolute Gasteiger partial charge is 0.377 e. The number of hydrogen-bond acceptors (Lipinski definition) is 4. The number of hydrogen-bond donors (Lipinski definition) is 2. The van der Waals surface area contributed by atoms with Crippen molar-refractivity contribution in [3.63, 3.8) is 0 Å². The van der Waals surface area contributed by atoms with E-state index in [1.54, 1.807) is 11.3 Å². The standard InChI is InChI=1S/C14H16ClN3S.ClH/c15-12-2-1-10-3-5-16-6-4-11(10)14(12)18-9-13-17-7-8-19-13;/h1-2,7-8,16,18H,3-6,9H2;1H. The number of anilines is 1. The van der Waals surface area contributed by atoms with E-state index in [2.05, 4.69) is 21.7 Å². The van der Waals surface area contributed by atoms with Crippen LogP contribution in [0.1, 0.15) is 16.1 Å². The van der Waals surface area contributed by atoms with Crippen LogP contribution in [0, 0.1) is 0 Å². The first-order chi connectivity index (χ1) is 9.34. The fourth-order valence-corrected chi connectivity index (χ4v) is 3.24. The lowest BCUT2D eigenvalue weighted by atomic mass is 10.0. The zero-order chi connectivity index (χ0) is 13.1. The Morgan fingerprint density at radius 3 is 2.95 bits per heavy atom. The van der Waals surface area contributed by atoms with Crippen molar-refractivity contribution in [3.05, 3.63) is 44.9 Å². The van der Waals surface area contributed by atoms with Gasteiger partial charge in [-0.3, -0.25) is 0 Å². The lowest BCUT2D eigenvalue weighted by Gasteiger charge is -2.15. The Morgan fingerprint density at radius 2 is 2.15 bits per heavy atom. The zero-order valence-electron chi connectivity index (χ0n) is 11.0. The topological polar surface area (TPSA) is 37.0 Å². The number of nitrogens with zero attached hydrogens (tertiary/aromatic N) is 1. The van der Waals surface area contributed by atoms with Gasteiger partial charge in [0.25, 0.3) is 0 Å². The van der Waals surface area contributed by atoms with E-state index >= 15 is 0 Å². The van der Waals surface area contributed by atoms with Crippen LogP contribution < -0.4 is 10.6 Å². The maximum Gasteiger partial charge on any atom is 0.112 e. The summed E-state index contributed by atoms with van der Waals surface area (Å²) >= 11 is 8.02. The predicted octanol–water partition coefficient (Wildman–Crippen LogP) is 3.52. The average molecular weight is 330 g/mol. The summed E-state index contributed by atoms with van der Waals surface area (Å²) in [6.45, 7) is 2.79. The summed E-state index contributed by atoms with van der Waals surface area (Å²) < 4.78 is 0. The number of nitrogens with one attached hydrogen (secondary N) is 2. The van der Waals surface area contributed by atoms with Gasteiger partial charge in [-0.15, -0.1) is 23.7 Å². The molecule has 20 heavy (non-hydrogen) atoms. The number of aromatic nitrogens is 1. The first-order valence-electron chi connectivity index (χ1n) is 6.48. The van der Waals surface area contributed by atoms with Gasteiger partial charge in [0.15, 0.2) is 0 Å². The van der Waals surface area contributed by atoms with Gasteiger partial charge in [-0.1, -0.05) is 17.7 Å². The Bertz CT molecular complexity index is 558. The smallest absolute Gasteiger partial charge is 0.112 e. The second kappa shape index (κ2) is 7.27. The molecule has 3 nitrogen and oxygen atoms in total. The van der Waals surface area contributed by atoms with Crippen LogP contribution in [-0.4, -0.2) is 18.1 Å². The van der Waals surface area contributed by atoms with Gasteiger partial charge in [0.05, 0.1) is 17.3 Å².